The number of amides is 1. The SMILES string of the molecule is COc1cc(/C=C\C(=O)NCc2cc(-c3ccc(F)cc3F)on2)cc(OC)c1OC. The lowest BCUT2D eigenvalue weighted by molar-refractivity contribution is -0.116. The molecule has 2 aromatic carbocycles. The lowest BCUT2D eigenvalue weighted by atomic mass is 10.1. The number of rotatable bonds is 8. The van der Waals surface area contributed by atoms with Crippen molar-refractivity contribution < 1.29 is 32.3 Å². The Balaban J connectivity index is 1.64. The van der Waals surface area contributed by atoms with Crippen molar-refractivity contribution in [2.24, 2.45) is 0 Å². The van der Waals surface area contributed by atoms with Gasteiger partial charge in [-0.05, 0) is 35.9 Å². The number of nitrogens with zero attached hydrogens (tertiary/aromatic N) is 1. The van der Waals surface area contributed by atoms with Gasteiger partial charge in [0, 0.05) is 18.2 Å². The number of carbonyl (C=O) groups is 1. The molecule has 0 saturated carbocycles. The zero-order valence-corrected chi connectivity index (χ0v) is 17.1. The molecule has 1 aromatic heterocycles. The number of halogens is 2. The summed E-state index contributed by atoms with van der Waals surface area (Å²) in [7, 11) is 4.51. The van der Waals surface area contributed by atoms with Crippen LogP contribution in [-0.2, 0) is 11.3 Å². The highest BCUT2D eigenvalue weighted by molar-refractivity contribution is 5.91. The van der Waals surface area contributed by atoms with Gasteiger partial charge in [0.2, 0.25) is 11.7 Å². The molecule has 1 heterocycles. The molecule has 0 unspecified atom stereocenters. The average molecular weight is 430 g/mol. The van der Waals surface area contributed by atoms with Gasteiger partial charge in [-0.1, -0.05) is 5.16 Å². The number of nitrogens with one attached hydrogen (secondary N) is 1. The van der Waals surface area contributed by atoms with Crippen molar-refractivity contribution in [1.29, 1.82) is 0 Å². The Hall–Kier alpha value is -3.88. The second-order valence-corrected chi connectivity index (χ2v) is 6.32. The largest absolute Gasteiger partial charge is 0.493 e. The Bertz CT molecular complexity index is 1090. The van der Waals surface area contributed by atoms with Crippen LogP contribution in [0.3, 0.4) is 0 Å². The normalized spacial score (nSPS) is 10.9. The third-order valence-corrected chi connectivity index (χ3v) is 4.31. The number of ether oxygens (including phenoxy) is 3. The van der Waals surface area contributed by atoms with E-state index >= 15 is 0 Å². The van der Waals surface area contributed by atoms with Gasteiger partial charge in [0.15, 0.2) is 17.3 Å². The number of benzene rings is 2. The smallest absolute Gasteiger partial charge is 0.244 e. The van der Waals surface area contributed by atoms with E-state index in [1.165, 1.54) is 39.5 Å². The highest BCUT2D eigenvalue weighted by Gasteiger charge is 2.14. The number of hydrogen-bond donors (Lipinski definition) is 1. The molecule has 7 nitrogen and oxygen atoms in total. The van der Waals surface area contributed by atoms with Gasteiger partial charge in [0.25, 0.3) is 0 Å². The van der Waals surface area contributed by atoms with E-state index in [1.54, 1.807) is 18.2 Å². The van der Waals surface area contributed by atoms with Crippen molar-refractivity contribution in [2.75, 3.05) is 21.3 Å². The van der Waals surface area contributed by atoms with Gasteiger partial charge in [0.1, 0.15) is 17.3 Å². The minimum atomic E-state index is -0.764. The summed E-state index contributed by atoms with van der Waals surface area (Å²) in [6.45, 7) is 0.0603. The lowest BCUT2D eigenvalue weighted by Gasteiger charge is -2.12. The molecule has 31 heavy (non-hydrogen) atoms. The predicted molar refractivity (Wildman–Crippen MR) is 109 cm³/mol. The van der Waals surface area contributed by atoms with E-state index in [2.05, 4.69) is 10.5 Å². The minimum Gasteiger partial charge on any atom is -0.493 e. The molecule has 1 amide bonds. The van der Waals surface area contributed by atoms with Gasteiger partial charge >= 0.3 is 0 Å². The molecular formula is C22H20F2N2O5. The van der Waals surface area contributed by atoms with Crippen LogP contribution >= 0.6 is 0 Å². The van der Waals surface area contributed by atoms with E-state index in [-0.39, 0.29) is 23.8 Å². The molecular weight excluding hydrogens is 410 g/mol. The van der Waals surface area contributed by atoms with Gasteiger partial charge in [-0.15, -0.1) is 0 Å². The van der Waals surface area contributed by atoms with Gasteiger partial charge in [0.05, 0.1) is 33.4 Å². The summed E-state index contributed by atoms with van der Waals surface area (Å²) >= 11 is 0. The van der Waals surface area contributed by atoms with Crippen LogP contribution in [0.5, 0.6) is 17.2 Å². The number of methoxy groups -OCH3 is 3. The molecule has 0 aliphatic heterocycles. The van der Waals surface area contributed by atoms with Crippen molar-refractivity contribution >= 4 is 12.0 Å². The van der Waals surface area contributed by atoms with E-state index in [0.717, 1.165) is 12.1 Å². The maximum absolute atomic E-state index is 13.8. The van der Waals surface area contributed by atoms with Gasteiger partial charge in [-0.25, -0.2) is 8.78 Å². The maximum Gasteiger partial charge on any atom is 0.244 e. The second kappa shape index (κ2) is 9.75. The molecule has 0 aliphatic carbocycles. The molecule has 0 bridgehead atoms. The van der Waals surface area contributed by atoms with Crippen LogP contribution < -0.4 is 19.5 Å². The monoisotopic (exact) mass is 430 g/mol. The first-order valence-corrected chi connectivity index (χ1v) is 9.12. The zero-order valence-electron chi connectivity index (χ0n) is 17.1. The summed E-state index contributed by atoms with van der Waals surface area (Å²) in [5.74, 6) is -0.325. The van der Waals surface area contributed by atoms with Crippen molar-refractivity contribution in [3.05, 3.63) is 65.4 Å². The van der Waals surface area contributed by atoms with Crippen LogP contribution in [-0.4, -0.2) is 32.4 Å². The van der Waals surface area contributed by atoms with Crippen LogP contribution in [0, 0.1) is 11.6 Å². The number of carbonyl (C=O) groups excluding carboxylic acids is 1. The van der Waals surface area contributed by atoms with E-state index in [1.807, 2.05) is 0 Å². The molecule has 3 rings (SSSR count). The van der Waals surface area contributed by atoms with Gasteiger partial charge < -0.3 is 24.1 Å². The van der Waals surface area contributed by atoms with E-state index < -0.39 is 11.6 Å². The Morgan fingerprint density at radius 2 is 1.77 bits per heavy atom. The third-order valence-electron chi connectivity index (χ3n) is 4.31. The van der Waals surface area contributed by atoms with Crippen LogP contribution in [0.2, 0.25) is 0 Å². The first-order valence-electron chi connectivity index (χ1n) is 9.12. The van der Waals surface area contributed by atoms with Crippen LogP contribution in [0.15, 0.2) is 47.0 Å². The fourth-order valence-electron chi connectivity index (χ4n) is 2.82. The average Bonchev–Trinajstić information content (AvgIpc) is 3.24. The molecule has 0 saturated heterocycles. The number of aromatic nitrogens is 1. The molecule has 0 radical (unpaired) electrons. The summed E-state index contributed by atoms with van der Waals surface area (Å²) in [6, 6.07) is 8.01. The molecule has 1 N–H and O–H groups in total. The molecule has 9 heteroatoms. The molecule has 162 valence electrons. The van der Waals surface area contributed by atoms with Crippen LogP contribution in [0.25, 0.3) is 17.4 Å². The highest BCUT2D eigenvalue weighted by atomic mass is 19.1. The van der Waals surface area contributed by atoms with E-state index in [4.69, 9.17) is 18.7 Å². The second-order valence-electron chi connectivity index (χ2n) is 6.32. The first-order chi connectivity index (χ1) is 14.9. The Morgan fingerprint density at radius 3 is 2.39 bits per heavy atom. The fraction of sp³-hybridized carbons (Fsp3) is 0.182. The Kier molecular flexibility index (Phi) is 6.86. The molecule has 0 aliphatic rings. The molecule has 0 fully saturated rings. The fourth-order valence-corrected chi connectivity index (χ4v) is 2.82. The standard InChI is InChI=1S/C22H20F2N2O5/c1-28-19-8-13(9-20(29-2)22(19)30-3)4-7-21(27)25-12-15-11-18(31-26-15)16-6-5-14(23)10-17(16)24/h4-11H,12H2,1-3H3,(H,25,27)/b7-4-. The van der Waals surface area contributed by atoms with E-state index in [0.29, 0.717) is 28.5 Å². The lowest BCUT2D eigenvalue weighted by Crippen LogP contribution is -2.20. The van der Waals surface area contributed by atoms with Gasteiger partial charge in [-0.2, -0.15) is 0 Å². The quantitative estimate of drug-likeness (QED) is 0.545. The molecule has 0 atom stereocenters. The Morgan fingerprint density at radius 1 is 1.06 bits per heavy atom. The summed E-state index contributed by atoms with van der Waals surface area (Å²) in [5, 5.41) is 6.44. The van der Waals surface area contributed by atoms with Gasteiger partial charge in [-0.3, -0.25) is 4.79 Å². The molecule has 3 aromatic rings. The maximum atomic E-state index is 13.8. The summed E-state index contributed by atoms with van der Waals surface area (Å²) in [5.41, 5.74) is 1.13. The van der Waals surface area contributed by atoms with E-state index in [9.17, 15) is 13.6 Å². The first kappa shape index (κ1) is 21.8. The van der Waals surface area contributed by atoms with Crippen molar-refractivity contribution in [3.63, 3.8) is 0 Å². The Labute approximate surface area is 177 Å². The number of hydrogen-bond acceptors (Lipinski definition) is 6. The van der Waals surface area contributed by atoms with Crippen LogP contribution in [0.1, 0.15) is 11.3 Å². The summed E-state index contributed by atoms with van der Waals surface area (Å²) in [6.07, 6.45) is 2.92. The molecule has 0 spiro atoms. The zero-order chi connectivity index (χ0) is 22.4. The topological polar surface area (TPSA) is 82.8 Å². The summed E-state index contributed by atoms with van der Waals surface area (Å²) in [4.78, 5) is 12.1. The highest BCUT2D eigenvalue weighted by Crippen LogP contribution is 2.38. The minimum absolute atomic E-state index is 0.0603. The van der Waals surface area contributed by atoms with Crippen molar-refractivity contribution in [3.8, 4) is 28.6 Å². The predicted octanol–water partition coefficient (Wildman–Crippen LogP) is 3.98. The van der Waals surface area contributed by atoms with Crippen LogP contribution in [0.4, 0.5) is 8.78 Å². The van der Waals surface area contributed by atoms with Crippen molar-refractivity contribution in [1.82, 2.24) is 10.5 Å². The summed E-state index contributed by atoms with van der Waals surface area (Å²) < 4.78 is 47.8. The van der Waals surface area contributed by atoms with Crippen molar-refractivity contribution in [2.45, 2.75) is 6.54 Å². The third kappa shape index (κ3) is 5.19.